The number of halogens is 1. The van der Waals surface area contributed by atoms with Gasteiger partial charge in [0.15, 0.2) is 6.54 Å². The Morgan fingerprint density at radius 3 is 2.46 bits per heavy atom. The topological polar surface area (TPSA) is 26.5 Å². The zero-order chi connectivity index (χ0) is 18.1. The monoisotopic (exact) mass is 413 g/mol. The first-order valence-corrected chi connectivity index (χ1v) is 10.4. The maximum absolute atomic E-state index is 11.9. The Morgan fingerprint density at radius 2 is 1.77 bits per heavy atom. The molecule has 2 aliphatic heterocycles. The van der Waals surface area contributed by atoms with Crippen molar-refractivity contribution in [1.82, 2.24) is 0 Å². The average Bonchev–Trinajstić information content (AvgIpc) is 2.79. The van der Waals surface area contributed by atoms with Gasteiger partial charge in [-0.1, -0.05) is 47.1 Å². The van der Waals surface area contributed by atoms with Crippen molar-refractivity contribution in [3.05, 3.63) is 64.1 Å². The number of anilines is 1. The summed E-state index contributed by atoms with van der Waals surface area (Å²) in [6.45, 7) is 3.82. The van der Waals surface area contributed by atoms with Crippen LogP contribution in [0.25, 0.3) is 0 Å². The predicted molar refractivity (Wildman–Crippen MR) is 110 cm³/mol. The highest BCUT2D eigenvalue weighted by Gasteiger charge is 2.53. The van der Waals surface area contributed by atoms with E-state index in [0.29, 0.717) is 6.54 Å². The minimum Gasteiger partial charge on any atom is -0.346 e. The lowest BCUT2D eigenvalue weighted by molar-refractivity contribution is -0.534. The van der Waals surface area contributed by atoms with Gasteiger partial charge in [-0.15, -0.1) is 0 Å². The lowest BCUT2D eigenvalue weighted by Crippen LogP contribution is -2.47. The van der Waals surface area contributed by atoms with Crippen molar-refractivity contribution in [2.75, 3.05) is 18.0 Å². The van der Waals surface area contributed by atoms with Gasteiger partial charge in [0.25, 0.3) is 11.6 Å². The summed E-state index contributed by atoms with van der Waals surface area (Å²) in [4.78, 5) is 2.18. The zero-order valence-corrected chi connectivity index (χ0v) is 16.9. The van der Waals surface area contributed by atoms with Gasteiger partial charge in [0.1, 0.15) is 5.69 Å². The molecular formula is C22H26BrN2O+. The van der Waals surface area contributed by atoms with Gasteiger partial charge in [-0.25, -0.2) is 0 Å². The van der Waals surface area contributed by atoms with Crippen LogP contribution in [0.4, 0.5) is 5.69 Å². The van der Waals surface area contributed by atoms with Crippen LogP contribution in [0.15, 0.2) is 53.0 Å². The molecule has 3 nitrogen and oxygen atoms in total. The van der Waals surface area contributed by atoms with Crippen LogP contribution in [0.1, 0.15) is 43.7 Å². The smallest absolute Gasteiger partial charge is 0.275 e. The second-order valence-corrected chi connectivity index (χ2v) is 8.24. The van der Waals surface area contributed by atoms with E-state index in [9.17, 15) is 5.11 Å². The van der Waals surface area contributed by atoms with Crippen LogP contribution in [-0.4, -0.2) is 28.6 Å². The highest BCUT2D eigenvalue weighted by atomic mass is 79.9. The van der Waals surface area contributed by atoms with Crippen molar-refractivity contribution >= 4 is 27.5 Å². The molecule has 0 saturated heterocycles. The number of benzene rings is 2. The maximum atomic E-state index is 11.9. The quantitative estimate of drug-likeness (QED) is 0.740. The molecule has 0 unspecified atom stereocenters. The predicted octanol–water partition coefficient (Wildman–Crippen LogP) is 4.66. The van der Waals surface area contributed by atoms with Crippen molar-refractivity contribution in [2.24, 2.45) is 0 Å². The standard InChI is InChI=1S/C22H26BrN2O/c1-2-17-7-13-20(14-8-17)25-21-6-4-3-5-15-24(21)16-22(25,26)18-9-11-19(23)12-10-18/h7-14,26H,2-6,15-16H2,1H3/q+1/t22-/m1/s1. The lowest BCUT2D eigenvalue weighted by Gasteiger charge is -2.29. The summed E-state index contributed by atoms with van der Waals surface area (Å²) in [6.07, 6.45) is 5.70. The summed E-state index contributed by atoms with van der Waals surface area (Å²) in [7, 11) is 0. The average molecular weight is 414 g/mol. The molecule has 4 heteroatoms. The molecule has 0 radical (unpaired) electrons. The molecule has 0 fully saturated rings. The van der Waals surface area contributed by atoms with E-state index in [1.165, 1.54) is 30.7 Å². The van der Waals surface area contributed by atoms with Gasteiger partial charge in [0, 0.05) is 16.5 Å². The van der Waals surface area contributed by atoms with Crippen LogP contribution < -0.4 is 4.90 Å². The van der Waals surface area contributed by atoms with Crippen LogP contribution in [0, 0.1) is 0 Å². The van der Waals surface area contributed by atoms with E-state index >= 15 is 0 Å². The molecule has 1 atom stereocenters. The molecule has 2 aromatic rings. The van der Waals surface area contributed by atoms with Gasteiger partial charge < -0.3 is 5.11 Å². The molecule has 4 rings (SSSR count). The first-order chi connectivity index (χ1) is 12.6. The number of aryl methyl sites for hydroxylation is 1. The first-order valence-electron chi connectivity index (χ1n) is 9.60. The Kier molecular flexibility index (Phi) is 4.89. The van der Waals surface area contributed by atoms with Gasteiger partial charge in [0.2, 0.25) is 0 Å². The van der Waals surface area contributed by atoms with Crippen LogP contribution in [0.5, 0.6) is 0 Å². The summed E-state index contributed by atoms with van der Waals surface area (Å²) in [6, 6.07) is 16.8. The molecule has 0 bridgehead atoms. The Hall–Kier alpha value is -1.65. The fourth-order valence-electron chi connectivity index (χ4n) is 4.20. The van der Waals surface area contributed by atoms with Crippen molar-refractivity contribution in [3.8, 4) is 0 Å². The molecule has 2 heterocycles. The third-order valence-electron chi connectivity index (χ3n) is 5.64. The van der Waals surface area contributed by atoms with Crippen LogP contribution in [0.3, 0.4) is 0 Å². The molecule has 26 heavy (non-hydrogen) atoms. The lowest BCUT2D eigenvalue weighted by atomic mass is 9.99. The van der Waals surface area contributed by atoms with Gasteiger partial charge in [-0.2, -0.15) is 4.90 Å². The van der Waals surface area contributed by atoms with Crippen molar-refractivity contribution in [2.45, 2.75) is 44.8 Å². The van der Waals surface area contributed by atoms with E-state index in [4.69, 9.17) is 0 Å². The van der Waals surface area contributed by atoms with Crippen LogP contribution in [0.2, 0.25) is 0 Å². The second kappa shape index (κ2) is 7.16. The number of nitrogens with zero attached hydrogens (tertiary/aromatic N) is 2. The number of hydrogen-bond donors (Lipinski definition) is 1. The zero-order valence-electron chi connectivity index (χ0n) is 15.3. The molecule has 136 valence electrons. The number of hydrogen-bond acceptors (Lipinski definition) is 2. The van der Waals surface area contributed by atoms with Crippen molar-refractivity contribution < 1.29 is 9.68 Å². The molecule has 0 aromatic heterocycles. The summed E-state index contributed by atoms with van der Waals surface area (Å²) in [5, 5.41) is 11.9. The Morgan fingerprint density at radius 1 is 1.04 bits per heavy atom. The minimum atomic E-state index is -1.03. The molecule has 0 amide bonds. The summed E-state index contributed by atoms with van der Waals surface area (Å²) < 4.78 is 3.42. The van der Waals surface area contributed by atoms with E-state index in [1.807, 2.05) is 24.3 Å². The van der Waals surface area contributed by atoms with Crippen LogP contribution in [-0.2, 0) is 12.1 Å². The highest BCUT2D eigenvalue weighted by molar-refractivity contribution is 9.10. The number of rotatable bonds is 3. The fourth-order valence-corrected chi connectivity index (χ4v) is 4.47. The molecule has 0 aliphatic carbocycles. The van der Waals surface area contributed by atoms with E-state index in [0.717, 1.165) is 35.1 Å². The molecular weight excluding hydrogens is 388 g/mol. The summed E-state index contributed by atoms with van der Waals surface area (Å²) in [5.74, 6) is 1.26. The van der Waals surface area contributed by atoms with E-state index < -0.39 is 5.72 Å². The van der Waals surface area contributed by atoms with E-state index in [1.54, 1.807) is 0 Å². The Balaban J connectivity index is 1.81. The molecule has 2 aliphatic rings. The first kappa shape index (κ1) is 17.7. The largest absolute Gasteiger partial charge is 0.346 e. The molecule has 1 N–H and O–H groups in total. The second-order valence-electron chi connectivity index (χ2n) is 7.33. The van der Waals surface area contributed by atoms with Gasteiger partial charge in [0.05, 0.1) is 6.54 Å². The molecule has 0 saturated carbocycles. The van der Waals surface area contributed by atoms with E-state index in [-0.39, 0.29) is 0 Å². The van der Waals surface area contributed by atoms with Gasteiger partial charge in [-0.05, 0) is 55.5 Å². The number of amidine groups is 1. The normalized spacial score (nSPS) is 23.1. The number of aliphatic hydroxyl groups is 1. The Bertz CT molecular complexity index is 813. The fraction of sp³-hybridized carbons (Fsp3) is 0.409. The maximum Gasteiger partial charge on any atom is 0.275 e. The van der Waals surface area contributed by atoms with Crippen molar-refractivity contribution in [1.29, 1.82) is 0 Å². The molecule has 2 aromatic carbocycles. The minimum absolute atomic E-state index is 0.624. The Labute approximate surface area is 164 Å². The molecule has 0 spiro atoms. The third-order valence-corrected chi connectivity index (χ3v) is 6.17. The summed E-state index contributed by atoms with van der Waals surface area (Å²) in [5.41, 5.74) is 2.32. The SMILES string of the molecule is CCc1ccc(N2C3=[N+](CCCCC3)C[C@@]2(O)c2ccc(Br)cc2)cc1. The van der Waals surface area contributed by atoms with Crippen LogP contribution >= 0.6 is 15.9 Å². The third kappa shape index (κ3) is 3.10. The van der Waals surface area contributed by atoms with E-state index in [2.05, 4.69) is 56.6 Å². The van der Waals surface area contributed by atoms with Crippen molar-refractivity contribution in [3.63, 3.8) is 0 Å². The van der Waals surface area contributed by atoms with Gasteiger partial charge in [-0.3, -0.25) is 4.58 Å². The summed E-state index contributed by atoms with van der Waals surface area (Å²) >= 11 is 3.51. The van der Waals surface area contributed by atoms with Gasteiger partial charge >= 0.3 is 0 Å². The highest BCUT2D eigenvalue weighted by Crippen LogP contribution is 2.38.